The largest absolute Gasteiger partial charge is 0.380 e. The predicted molar refractivity (Wildman–Crippen MR) is 52.8 cm³/mol. The fraction of sp³-hybridized carbons (Fsp3) is 0.500. The fourth-order valence-electron chi connectivity index (χ4n) is 0.956. The summed E-state index contributed by atoms with van der Waals surface area (Å²) < 4.78 is 6.37. The molecule has 1 N–H and O–H groups in total. The van der Waals surface area contributed by atoms with Crippen LogP contribution in [0.2, 0.25) is 5.02 Å². The van der Waals surface area contributed by atoms with Crippen molar-refractivity contribution in [2.24, 2.45) is 0 Å². The Bertz CT molecular complexity index is 410. The van der Waals surface area contributed by atoms with Crippen LogP contribution < -0.4 is 11.2 Å². The van der Waals surface area contributed by atoms with Gasteiger partial charge in [0.2, 0.25) is 0 Å². The first-order valence-electron chi connectivity index (χ1n) is 4.22. The Kier molecular flexibility index (Phi) is 3.91. The van der Waals surface area contributed by atoms with Gasteiger partial charge in [-0.25, -0.2) is 4.79 Å². The van der Waals surface area contributed by atoms with Crippen molar-refractivity contribution < 1.29 is 4.74 Å². The standard InChI is InChI=1S/C8H11ClN2O3/c1-2-14-4-3-11-5-6(9)7(12)10-8(11)13/h5H,2-4H2,1H3,(H,10,12,13). The van der Waals surface area contributed by atoms with Crippen LogP contribution in [0.15, 0.2) is 15.8 Å². The molecule has 0 fully saturated rings. The molecule has 0 aliphatic carbocycles. The zero-order chi connectivity index (χ0) is 10.6. The average molecular weight is 219 g/mol. The first-order chi connectivity index (χ1) is 6.65. The minimum absolute atomic E-state index is 0.00102. The Morgan fingerprint density at radius 2 is 2.29 bits per heavy atom. The molecule has 6 heteroatoms. The van der Waals surface area contributed by atoms with Gasteiger partial charge in [0.15, 0.2) is 0 Å². The predicted octanol–water partition coefficient (Wildman–Crippen LogP) is 0.227. The topological polar surface area (TPSA) is 64.1 Å². The number of H-pyrrole nitrogens is 1. The molecule has 1 heterocycles. The molecule has 0 spiro atoms. The van der Waals surface area contributed by atoms with Gasteiger partial charge in [0.1, 0.15) is 5.02 Å². The van der Waals surface area contributed by atoms with E-state index in [-0.39, 0.29) is 5.02 Å². The molecule has 78 valence electrons. The summed E-state index contributed by atoms with van der Waals surface area (Å²) in [5, 5.41) is 0.00102. The van der Waals surface area contributed by atoms with Crippen molar-refractivity contribution in [3.8, 4) is 0 Å². The highest BCUT2D eigenvalue weighted by Gasteiger charge is 2.01. The van der Waals surface area contributed by atoms with E-state index in [1.807, 2.05) is 6.92 Å². The molecule has 0 aliphatic heterocycles. The SMILES string of the molecule is CCOCCn1cc(Cl)c(=O)[nH]c1=O. The van der Waals surface area contributed by atoms with Gasteiger partial charge in [-0.2, -0.15) is 0 Å². The van der Waals surface area contributed by atoms with Crippen molar-refractivity contribution in [1.29, 1.82) is 0 Å². The molecule has 0 bridgehead atoms. The Hall–Kier alpha value is -1.07. The van der Waals surface area contributed by atoms with Crippen molar-refractivity contribution in [2.75, 3.05) is 13.2 Å². The average Bonchev–Trinajstić information content (AvgIpc) is 2.14. The van der Waals surface area contributed by atoms with Crippen LogP contribution in [-0.4, -0.2) is 22.8 Å². The van der Waals surface area contributed by atoms with Crippen molar-refractivity contribution in [3.63, 3.8) is 0 Å². The first kappa shape index (κ1) is 11.0. The van der Waals surface area contributed by atoms with Crippen LogP contribution in [0, 0.1) is 0 Å². The molecule has 0 amide bonds. The summed E-state index contributed by atoms with van der Waals surface area (Å²) in [7, 11) is 0. The van der Waals surface area contributed by atoms with Gasteiger partial charge in [-0.1, -0.05) is 11.6 Å². The Morgan fingerprint density at radius 1 is 1.57 bits per heavy atom. The second kappa shape index (κ2) is 4.97. The summed E-state index contributed by atoms with van der Waals surface area (Å²) >= 11 is 5.55. The highest BCUT2D eigenvalue weighted by molar-refractivity contribution is 6.30. The third kappa shape index (κ3) is 2.71. The lowest BCUT2D eigenvalue weighted by atomic mass is 10.6. The van der Waals surface area contributed by atoms with Crippen LogP contribution >= 0.6 is 11.6 Å². The van der Waals surface area contributed by atoms with Gasteiger partial charge in [-0.05, 0) is 6.92 Å². The molecule has 0 atom stereocenters. The maximum absolute atomic E-state index is 11.2. The Labute approximate surface area is 85.3 Å². The molecule has 0 saturated carbocycles. The van der Waals surface area contributed by atoms with Crippen molar-refractivity contribution in [1.82, 2.24) is 9.55 Å². The van der Waals surface area contributed by atoms with Crippen LogP contribution in [0.4, 0.5) is 0 Å². The zero-order valence-electron chi connectivity index (χ0n) is 7.75. The number of halogens is 1. The smallest absolute Gasteiger partial charge is 0.328 e. The van der Waals surface area contributed by atoms with Gasteiger partial charge in [-0.15, -0.1) is 0 Å². The lowest BCUT2D eigenvalue weighted by molar-refractivity contribution is 0.138. The Balaban J connectivity index is 2.82. The molecule has 14 heavy (non-hydrogen) atoms. The molecule has 0 radical (unpaired) electrons. The summed E-state index contributed by atoms with van der Waals surface area (Å²) in [6.07, 6.45) is 1.31. The number of rotatable bonds is 4. The van der Waals surface area contributed by atoms with Gasteiger partial charge in [0.05, 0.1) is 13.2 Å². The zero-order valence-corrected chi connectivity index (χ0v) is 8.50. The normalized spacial score (nSPS) is 10.4. The molecule has 1 aromatic heterocycles. The quantitative estimate of drug-likeness (QED) is 0.736. The second-order valence-electron chi connectivity index (χ2n) is 2.63. The summed E-state index contributed by atoms with van der Waals surface area (Å²) in [6.45, 7) is 3.25. The van der Waals surface area contributed by atoms with Gasteiger partial charge in [-0.3, -0.25) is 14.3 Å². The summed E-state index contributed by atoms with van der Waals surface area (Å²) in [5.74, 6) is 0. The van der Waals surface area contributed by atoms with Gasteiger partial charge in [0.25, 0.3) is 5.56 Å². The van der Waals surface area contributed by atoms with E-state index in [0.717, 1.165) is 0 Å². The molecule has 0 aromatic carbocycles. The minimum Gasteiger partial charge on any atom is -0.380 e. The van der Waals surface area contributed by atoms with Crippen molar-refractivity contribution in [3.05, 3.63) is 32.1 Å². The van der Waals surface area contributed by atoms with Crippen LogP contribution in [0.5, 0.6) is 0 Å². The van der Waals surface area contributed by atoms with E-state index < -0.39 is 11.2 Å². The maximum Gasteiger partial charge on any atom is 0.328 e. The lowest BCUT2D eigenvalue weighted by Gasteiger charge is -2.04. The number of nitrogens with one attached hydrogen (secondary N) is 1. The highest BCUT2D eigenvalue weighted by Crippen LogP contribution is 1.95. The number of aromatic amines is 1. The third-order valence-electron chi connectivity index (χ3n) is 1.65. The van der Waals surface area contributed by atoms with E-state index >= 15 is 0 Å². The van der Waals surface area contributed by atoms with Gasteiger partial charge < -0.3 is 4.74 Å². The van der Waals surface area contributed by atoms with Gasteiger partial charge in [0, 0.05) is 12.8 Å². The summed E-state index contributed by atoms with van der Waals surface area (Å²) in [6, 6.07) is 0. The number of hydrogen-bond donors (Lipinski definition) is 1. The van der Waals surface area contributed by atoms with E-state index in [2.05, 4.69) is 4.98 Å². The number of hydrogen-bond acceptors (Lipinski definition) is 3. The summed E-state index contributed by atoms with van der Waals surface area (Å²) in [5.41, 5.74) is -1.04. The van der Waals surface area contributed by atoms with Crippen LogP contribution in [0.25, 0.3) is 0 Å². The van der Waals surface area contributed by atoms with Crippen LogP contribution in [-0.2, 0) is 11.3 Å². The van der Waals surface area contributed by atoms with E-state index in [4.69, 9.17) is 16.3 Å². The monoisotopic (exact) mass is 218 g/mol. The van der Waals surface area contributed by atoms with E-state index in [1.54, 1.807) is 0 Å². The van der Waals surface area contributed by atoms with Crippen molar-refractivity contribution >= 4 is 11.6 Å². The molecule has 1 rings (SSSR count). The van der Waals surface area contributed by atoms with E-state index in [1.165, 1.54) is 10.8 Å². The van der Waals surface area contributed by atoms with E-state index in [0.29, 0.717) is 19.8 Å². The number of nitrogens with zero attached hydrogens (tertiary/aromatic N) is 1. The highest BCUT2D eigenvalue weighted by atomic mass is 35.5. The first-order valence-corrected chi connectivity index (χ1v) is 4.60. The molecule has 1 aromatic rings. The molecule has 0 unspecified atom stereocenters. The van der Waals surface area contributed by atoms with E-state index in [9.17, 15) is 9.59 Å². The molecule has 5 nitrogen and oxygen atoms in total. The molecular weight excluding hydrogens is 208 g/mol. The summed E-state index contributed by atoms with van der Waals surface area (Å²) in [4.78, 5) is 24.2. The second-order valence-corrected chi connectivity index (χ2v) is 3.03. The molecular formula is C8H11ClN2O3. The maximum atomic E-state index is 11.2. The van der Waals surface area contributed by atoms with Crippen LogP contribution in [0.3, 0.4) is 0 Å². The number of ether oxygens (including phenoxy) is 1. The number of aromatic nitrogens is 2. The molecule has 0 saturated heterocycles. The lowest BCUT2D eigenvalue weighted by Crippen LogP contribution is -2.30. The fourth-order valence-corrected chi connectivity index (χ4v) is 1.12. The molecule has 0 aliphatic rings. The van der Waals surface area contributed by atoms with Crippen LogP contribution in [0.1, 0.15) is 6.92 Å². The third-order valence-corrected chi connectivity index (χ3v) is 1.92. The minimum atomic E-state index is -0.565. The van der Waals surface area contributed by atoms with Crippen molar-refractivity contribution in [2.45, 2.75) is 13.5 Å². The Morgan fingerprint density at radius 3 is 2.93 bits per heavy atom. The van der Waals surface area contributed by atoms with Gasteiger partial charge >= 0.3 is 5.69 Å².